The molecule has 1 unspecified atom stereocenters. The number of carbonyl (C=O) groups is 1. The van der Waals surface area contributed by atoms with Crippen LogP contribution in [0.4, 0.5) is 17.1 Å². The Hall–Kier alpha value is -4.11. The predicted molar refractivity (Wildman–Crippen MR) is 150 cm³/mol. The minimum atomic E-state index is -0.389. The standard InChI is InChI=1S/C33H33NO2/c1-5-7-32(36-33(35)6-2)28-14-12-26(13-15-28)27-16-22-31(23-17-27)34(29-18-8-24(3)9-19-29)30-20-10-25(4)11-21-30/h6,8-23,32H,2,5,7H2,1,3-4H3. The molecule has 1 atom stereocenters. The molecule has 0 fully saturated rings. The summed E-state index contributed by atoms with van der Waals surface area (Å²) >= 11 is 0. The Morgan fingerprint density at radius 1 is 0.750 bits per heavy atom. The molecule has 0 aliphatic heterocycles. The van der Waals surface area contributed by atoms with Crippen molar-refractivity contribution in [2.75, 3.05) is 4.90 Å². The van der Waals surface area contributed by atoms with Crippen LogP contribution < -0.4 is 4.90 Å². The third-order valence-electron chi connectivity index (χ3n) is 6.30. The molecule has 0 aliphatic carbocycles. The van der Waals surface area contributed by atoms with Crippen LogP contribution in [0.1, 0.15) is 42.6 Å². The number of hydrogen-bond acceptors (Lipinski definition) is 3. The summed E-state index contributed by atoms with van der Waals surface area (Å²) in [5.74, 6) is -0.389. The molecular formula is C33H33NO2. The van der Waals surface area contributed by atoms with E-state index in [9.17, 15) is 4.79 Å². The number of hydrogen-bond donors (Lipinski definition) is 0. The molecule has 3 nitrogen and oxygen atoms in total. The van der Waals surface area contributed by atoms with E-state index >= 15 is 0 Å². The minimum Gasteiger partial charge on any atom is -0.454 e. The normalized spacial score (nSPS) is 11.5. The number of benzene rings is 4. The van der Waals surface area contributed by atoms with Gasteiger partial charge < -0.3 is 9.64 Å². The fraction of sp³-hybridized carbons (Fsp3) is 0.182. The van der Waals surface area contributed by atoms with Crippen LogP contribution in [0, 0.1) is 13.8 Å². The number of ether oxygens (including phenoxy) is 1. The Morgan fingerprint density at radius 2 is 1.17 bits per heavy atom. The largest absolute Gasteiger partial charge is 0.454 e. The maximum absolute atomic E-state index is 11.7. The Kier molecular flexibility index (Phi) is 8.02. The molecule has 3 heteroatoms. The first-order chi connectivity index (χ1) is 17.5. The van der Waals surface area contributed by atoms with E-state index < -0.39 is 0 Å². The van der Waals surface area contributed by atoms with Gasteiger partial charge in [0.1, 0.15) is 6.10 Å². The van der Waals surface area contributed by atoms with Crippen LogP contribution in [0.15, 0.2) is 110 Å². The van der Waals surface area contributed by atoms with Gasteiger partial charge in [-0.25, -0.2) is 4.79 Å². The Morgan fingerprint density at radius 3 is 1.58 bits per heavy atom. The van der Waals surface area contributed by atoms with Crippen molar-refractivity contribution in [3.05, 3.63) is 126 Å². The molecule has 0 amide bonds. The quantitative estimate of drug-likeness (QED) is 0.179. The van der Waals surface area contributed by atoms with Crippen molar-refractivity contribution in [1.82, 2.24) is 0 Å². The van der Waals surface area contributed by atoms with Crippen LogP contribution in [0.3, 0.4) is 0 Å². The summed E-state index contributed by atoms with van der Waals surface area (Å²) < 4.78 is 5.55. The van der Waals surface area contributed by atoms with Crippen LogP contribution >= 0.6 is 0 Å². The van der Waals surface area contributed by atoms with Gasteiger partial charge in [0.05, 0.1) is 0 Å². The van der Waals surface area contributed by atoms with E-state index in [1.165, 1.54) is 17.2 Å². The molecule has 0 radical (unpaired) electrons. The lowest BCUT2D eigenvalue weighted by atomic mass is 9.99. The van der Waals surface area contributed by atoms with Gasteiger partial charge in [-0.05, 0) is 73.4 Å². The summed E-state index contributed by atoms with van der Waals surface area (Å²) in [6.07, 6.45) is 2.67. The van der Waals surface area contributed by atoms with Gasteiger partial charge in [-0.2, -0.15) is 0 Å². The molecule has 4 rings (SSSR count). The molecule has 0 aromatic heterocycles. The molecule has 0 saturated heterocycles. The summed E-state index contributed by atoms with van der Waals surface area (Å²) in [4.78, 5) is 14.0. The zero-order valence-corrected chi connectivity index (χ0v) is 21.3. The fourth-order valence-corrected chi connectivity index (χ4v) is 4.27. The van der Waals surface area contributed by atoms with Crippen molar-refractivity contribution in [3.8, 4) is 11.1 Å². The zero-order valence-electron chi connectivity index (χ0n) is 21.3. The molecule has 0 aliphatic rings. The summed E-state index contributed by atoms with van der Waals surface area (Å²) in [5.41, 5.74) is 9.07. The van der Waals surface area contributed by atoms with E-state index in [1.54, 1.807) is 0 Å². The molecular weight excluding hydrogens is 442 g/mol. The monoisotopic (exact) mass is 475 g/mol. The van der Waals surface area contributed by atoms with Crippen molar-refractivity contribution in [2.24, 2.45) is 0 Å². The second-order valence-electron chi connectivity index (χ2n) is 9.09. The molecule has 4 aromatic carbocycles. The SMILES string of the molecule is C=CC(=O)OC(CCC)c1ccc(-c2ccc(N(c3ccc(C)cc3)c3ccc(C)cc3)cc2)cc1. The predicted octanol–water partition coefficient (Wildman–Crippen LogP) is 9.01. The highest BCUT2D eigenvalue weighted by Crippen LogP contribution is 2.36. The topological polar surface area (TPSA) is 29.5 Å². The lowest BCUT2D eigenvalue weighted by molar-refractivity contribution is -0.143. The molecule has 0 bridgehead atoms. The summed E-state index contributed by atoms with van der Waals surface area (Å²) in [7, 11) is 0. The highest BCUT2D eigenvalue weighted by atomic mass is 16.5. The third-order valence-corrected chi connectivity index (χ3v) is 6.30. The highest BCUT2D eigenvalue weighted by molar-refractivity contribution is 5.81. The zero-order chi connectivity index (χ0) is 25.5. The van der Waals surface area contributed by atoms with Crippen molar-refractivity contribution in [1.29, 1.82) is 0 Å². The van der Waals surface area contributed by atoms with E-state index in [4.69, 9.17) is 4.74 Å². The van der Waals surface area contributed by atoms with E-state index in [0.29, 0.717) is 0 Å². The number of rotatable bonds is 9. The third kappa shape index (κ3) is 5.92. The molecule has 36 heavy (non-hydrogen) atoms. The van der Waals surface area contributed by atoms with Gasteiger partial charge in [0.2, 0.25) is 0 Å². The summed E-state index contributed by atoms with van der Waals surface area (Å²) in [6, 6.07) is 34.1. The molecule has 0 saturated carbocycles. The van der Waals surface area contributed by atoms with Crippen LogP contribution in [0.5, 0.6) is 0 Å². The maximum Gasteiger partial charge on any atom is 0.330 e. The van der Waals surface area contributed by atoms with Crippen molar-refractivity contribution in [3.63, 3.8) is 0 Å². The maximum atomic E-state index is 11.7. The van der Waals surface area contributed by atoms with Gasteiger partial charge >= 0.3 is 5.97 Å². The number of nitrogens with zero attached hydrogens (tertiary/aromatic N) is 1. The lowest BCUT2D eigenvalue weighted by Crippen LogP contribution is -2.10. The number of aryl methyl sites for hydroxylation is 2. The van der Waals surface area contributed by atoms with Gasteiger partial charge in [0.25, 0.3) is 0 Å². The van der Waals surface area contributed by atoms with Crippen LogP contribution in [0.25, 0.3) is 11.1 Å². The average Bonchev–Trinajstić information content (AvgIpc) is 2.91. The molecule has 4 aromatic rings. The van der Waals surface area contributed by atoms with Crippen LogP contribution in [-0.4, -0.2) is 5.97 Å². The van der Waals surface area contributed by atoms with Crippen LogP contribution in [0.2, 0.25) is 0 Å². The number of carbonyl (C=O) groups excluding carboxylic acids is 1. The lowest BCUT2D eigenvalue weighted by Gasteiger charge is -2.26. The molecule has 0 spiro atoms. The first-order valence-corrected chi connectivity index (χ1v) is 12.5. The average molecular weight is 476 g/mol. The molecule has 0 heterocycles. The minimum absolute atomic E-state index is 0.255. The van der Waals surface area contributed by atoms with Gasteiger partial charge in [0, 0.05) is 23.1 Å². The fourth-order valence-electron chi connectivity index (χ4n) is 4.27. The Balaban J connectivity index is 1.61. The first-order valence-electron chi connectivity index (χ1n) is 12.5. The molecule has 182 valence electrons. The van der Waals surface area contributed by atoms with E-state index in [1.807, 2.05) is 12.1 Å². The van der Waals surface area contributed by atoms with Crippen molar-refractivity contribution >= 4 is 23.0 Å². The molecule has 0 N–H and O–H groups in total. The van der Waals surface area contributed by atoms with Gasteiger partial charge in [-0.3, -0.25) is 0 Å². The number of esters is 1. The van der Waals surface area contributed by atoms with Crippen molar-refractivity contribution < 1.29 is 9.53 Å². The van der Waals surface area contributed by atoms with E-state index in [-0.39, 0.29) is 12.1 Å². The van der Waals surface area contributed by atoms with E-state index in [2.05, 4.69) is 117 Å². The second-order valence-corrected chi connectivity index (χ2v) is 9.09. The Labute approximate surface area is 214 Å². The van der Waals surface area contributed by atoms with Gasteiger partial charge in [-0.1, -0.05) is 91.7 Å². The highest BCUT2D eigenvalue weighted by Gasteiger charge is 2.15. The van der Waals surface area contributed by atoms with E-state index in [0.717, 1.165) is 46.6 Å². The van der Waals surface area contributed by atoms with Crippen LogP contribution in [-0.2, 0) is 9.53 Å². The van der Waals surface area contributed by atoms with Crippen molar-refractivity contribution in [2.45, 2.75) is 39.7 Å². The number of anilines is 3. The van der Waals surface area contributed by atoms with Gasteiger partial charge in [0.15, 0.2) is 0 Å². The van der Waals surface area contributed by atoms with Gasteiger partial charge in [-0.15, -0.1) is 0 Å². The summed E-state index contributed by atoms with van der Waals surface area (Å²) in [6.45, 7) is 9.80. The smallest absolute Gasteiger partial charge is 0.330 e. The summed E-state index contributed by atoms with van der Waals surface area (Å²) in [5, 5.41) is 0. The Bertz CT molecular complexity index is 1240. The second kappa shape index (κ2) is 11.5. The first kappa shape index (κ1) is 25.0.